The summed E-state index contributed by atoms with van der Waals surface area (Å²) < 4.78 is 53.3. The minimum atomic E-state index is -3.92. The van der Waals surface area contributed by atoms with Crippen LogP contribution < -0.4 is 31.7 Å². The first-order chi connectivity index (χ1) is 64.3. The summed E-state index contributed by atoms with van der Waals surface area (Å²) in [5.74, 6) is -8.67. The van der Waals surface area contributed by atoms with Crippen molar-refractivity contribution >= 4 is 104 Å². The van der Waals surface area contributed by atoms with E-state index < -0.39 is 162 Å². The number of hydrogen-bond acceptors (Lipinski definition) is 22. The molecule has 16 atom stereocenters. The molecule has 14 rings (SSSR count). The second-order valence-corrected chi connectivity index (χ2v) is 48.0. The topological polar surface area (TPSA) is 451 Å². The number of nitrogens with two attached hydrogens (primary N) is 1. The van der Waals surface area contributed by atoms with Gasteiger partial charge in [-0.05, 0) is 201 Å². The van der Waals surface area contributed by atoms with Crippen molar-refractivity contribution in [2.75, 3.05) is 19.6 Å². The molecule has 1 aromatic heterocycles. The Morgan fingerprint density at radius 1 is 0.701 bits per heavy atom. The van der Waals surface area contributed by atoms with E-state index in [1.807, 2.05) is 81.4 Å². The van der Waals surface area contributed by atoms with Gasteiger partial charge in [-0.15, -0.1) is 0 Å². The highest BCUT2D eigenvalue weighted by atomic mass is 32.2. The number of nitrogens with zero attached hydrogens (tertiary/aromatic N) is 6. The molecule has 7 saturated carbocycles. The molecule has 1 aromatic carbocycles. The lowest BCUT2D eigenvalue weighted by Crippen LogP contribution is -2.58. The molecule has 0 radical (unpaired) electrons. The highest BCUT2D eigenvalue weighted by Gasteiger charge is 2.70. The van der Waals surface area contributed by atoms with E-state index in [1.54, 1.807) is 42.7 Å². The fourth-order valence-corrected chi connectivity index (χ4v) is 23.6. The molecule has 12 aliphatic rings. The van der Waals surface area contributed by atoms with Crippen molar-refractivity contribution in [2.24, 2.45) is 93.0 Å². The van der Waals surface area contributed by atoms with E-state index in [0.717, 1.165) is 96.3 Å². The molecule has 3 saturated heterocycles. The zero-order chi connectivity index (χ0) is 100. The molecular weight excluding hydrogens is 1780 g/mol. The SMILES string of the molecule is CC(C)(C)NC(=O)C[C@H](C(=O)N1C[C@H]2[C@@H]([C@H]1C(=O)CC(CC1CCC1)C(=O)C(N)=O)C2(C)C)C(C)(C)C.CC(C)(C)OC(=O)N[C@H]1CCCCC/C=C\[C@@H]2C[C@@]2(C(=O)NS(=O)(=O)C2CC2)NC(=O)C2C[C@@H](OC(=O)N3Cc4cccc(F)c4C3)CN2C1=O.CCC[C@H](CC(=O)[C@@H]1[C@H]2CCC[C@H]2CN1C(=O)C(NC(=O)[C@@H](CC(=O)c1cnccn1)C1CCCCC1)C(C)(C)C)C(=O)C(=O)CC1CC1. The number of amides is 10. The maximum absolute atomic E-state index is 14.7. The monoisotopic (exact) mass is 1930 g/mol. The number of fused-ring (bicyclic) bond motifs is 5. The lowest BCUT2D eigenvalue weighted by atomic mass is 9.75. The van der Waals surface area contributed by atoms with Crippen molar-refractivity contribution in [2.45, 2.75) is 368 Å². The molecule has 754 valence electrons. The first-order valence-corrected chi connectivity index (χ1v) is 51.9. The van der Waals surface area contributed by atoms with Crippen LogP contribution in [0.4, 0.5) is 14.0 Å². The molecule has 10 fully saturated rings. The van der Waals surface area contributed by atoms with Crippen molar-refractivity contribution in [1.82, 2.24) is 55.6 Å². The van der Waals surface area contributed by atoms with Crippen LogP contribution in [0.25, 0.3) is 0 Å². The highest BCUT2D eigenvalue weighted by molar-refractivity contribution is 7.91. The summed E-state index contributed by atoms with van der Waals surface area (Å²) in [4.78, 5) is 230. The third-order valence-electron chi connectivity index (χ3n) is 30.6. The Morgan fingerprint density at radius 2 is 1.36 bits per heavy atom. The summed E-state index contributed by atoms with van der Waals surface area (Å²) in [7, 11) is -3.92. The van der Waals surface area contributed by atoms with Crippen LogP contribution in [0.15, 0.2) is 48.9 Å². The van der Waals surface area contributed by atoms with E-state index in [1.165, 1.54) is 34.5 Å². The molecule has 7 aliphatic carbocycles. The van der Waals surface area contributed by atoms with Gasteiger partial charge in [0, 0.05) is 105 Å². The average Bonchev–Trinajstić information content (AvgIpc) is 1.52. The Morgan fingerprint density at radius 3 is 1.98 bits per heavy atom. The van der Waals surface area contributed by atoms with Crippen molar-refractivity contribution in [1.29, 1.82) is 0 Å². The summed E-state index contributed by atoms with van der Waals surface area (Å²) >= 11 is 0. The lowest BCUT2D eigenvalue weighted by Gasteiger charge is -2.38. The molecule has 2 aromatic rings. The smallest absolute Gasteiger partial charge is 0.410 e. The minimum Gasteiger partial charge on any atom is -0.444 e. The van der Waals surface area contributed by atoms with Crippen LogP contribution in [-0.2, 0) is 94.9 Å². The number of alkyl carbamates (subject to hydrolysis) is 1. The first-order valence-electron chi connectivity index (χ1n) is 50.3. The molecule has 32 nitrogen and oxygen atoms in total. The number of primary amides is 1. The number of piperidine rings is 1. The third-order valence-corrected chi connectivity index (χ3v) is 32.4. The maximum atomic E-state index is 14.7. The molecule has 0 spiro atoms. The van der Waals surface area contributed by atoms with Gasteiger partial charge in [0.05, 0.1) is 42.5 Å². The Kier molecular flexibility index (Phi) is 33.7. The van der Waals surface area contributed by atoms with Crippen molar-refractivity contribution < 1.29 is 99.0 Å². The predicted octanol–water partition coefficient (Wildman–Crippen LogP) is 12.1. The Labute approximate surface area is 806 Å². The fraction of sp³-hybridized carbons (Fsp3) is 0.728. The molecule has 5 aliphatic heterocycles. The third kappa shape index (κ3) is 26.7. The number of allylic oxidation sites excluding steroid dienone is 1. The number of halogens is 1. The molecule has 10 amide bonds. The van der Waals surface area contributed by atoms with E-state index in [-0.39, 0.29) is 158 Å². The standard InChI is InChI=1S/C39H56N4O6.C35H46FN5O9S.C29H47N3O5/c1-5-10-26(35(47)33(46)19-24-15-16-24)20-32(45)34-28-14-9-13-27(28)23-43(34)38(49)36(39(2,3)4)42-37(48)29(25-11-7-6-8-12-25)21-31(44)30-22-40-17-18-41-30;1-34(2,3)50-32(45)37-27-13-8-6-4-5-7-11-22-17-35(22,31(44)39-51(47,48)24-14-15-24)38-29(42)28-16-23(19-41(28)30(27)43)49-33(46)40-18-21-10-9-12-26(36)25(21)20-40;1-27(2,3)18(14-21(34)31-28(4,5)6)26(37)32-15-19-22(29(19,7)8)23(32)20(33)13-17(24(35)25(30)36)12-16-10-9-11-16/h17-18,22,24-29,34,36H,5-16,19-21,23H2,1-4H3,(H,42,48);7,9-12,22-24,27-28H,4-6,8,13-20H2,1-3H3,(H,37,45)(H,38,42)(H,39,44);16-19,22-23H,9-15H2,1-8H3,(H2,30,36)(H,31,34)/b;11-7-;/t26-,27+,28+,29+,34+,36?;22-,23-,27+,28?,35-;17?,18-,19+,22+,23-/m111/s1. The van der Waals surface area contributed by atoms with E-state index in [4.69, 9.17) is 15.2 Å². The van der Waals surface area contributed by atoms with Crippen LogP contribution in [-0.4, -0.2) is 210 Å². The Hall–Kier alpha value is -9.76. The molecule has 3 unspecified atom stereocenters. The highest BCUT2D eigenvalue weighted by Crippen LogP contribution is 2.66. The van der Waals surface area contributed by atoms with Gasteiger partial charge in [0.15, 0.2) is 23.1 Å². The second-order valence-electron chi connectivity index (χ2n) is 46.0. The van der Waals surface area contributed by atoms with Crippen LogP contribution in [0.5, 0.6) is 0 Å². The zero-order valence-corrected chi connectivity index (χ0v) is 83.9. The molecular formula is C103H149FN12O20S. The number of likely N-dealkylation sites (tertiary alicyclic amines) is 2. The largest absolute Gasteiger partial charge is 0.444 e. The van der Waals surface area contributed by atoms with Crippen molar-refractivity contribution in [3.05, 3.63) is 71.6 Å². The van der Waals surface area contributed by atoms with Gasteiger partial charge in [0.25, 0.3) is 11.8 Å². The van der Waals surface area contributed by atoms with Crippen LogP contribution in [0.3, 0.4) is 0 Å². The summed E-state index contributed by atoms with van der Waals surface area (Å²) in [5.41, 5.74) is 2.54. The number of rotatable bonds is 31. The number of carbonyl (C=O) groups is 16. The number of aromatic nitrogens is 2. The number of ether oxygens (including phenoxy) is 2. The fourth-order valence-electron chi connectivity index (χ4n) is 22.2. The van der Waals surface area contributed by atoms with Gasteiger partial charge in [-0.3, -0.25) is 81.7 Å². The summed E-state index contributed by atoms with van der Waals surface area (Å²) in [6.07, 6.45) is 23.8. The summed E-state index contributed by atoms with van der Waals surface area (Å²) in [6.45, 7) is 29.3. The first kappa shape index (κ1) is 106. The van der Waals surface area contributed by atoms with E-state index in [9.17, 15) is 89.5 Å². The number of nitrogens with one attached hydrogen (secondary N) is 5. The van der Waals surface area contributed by atoms with Gasteiger partial charge in [-0.1, -0.05) is 151 Å². The van der Waals surface area contributed by atoms with Crippen LogP contribution in [0.2, 0.25) is 0 Å². The number of Topliss-reactive ketones (excluding diaryl/α,β-unsaturated/α-hetero) is 6. The van der Waals surface area contributed by atoms with Crippen LogP contribution in [0.1, 0.15) is 318 Å². The summed E-state index contributed by atoms with van der Waals surface area (Å²) in [5, 5.41) is 10.8. The number of carbonyl (C=O) groups excluding carboxylic acids is 16. The van der Waals surface area contributed by atoms with Gasteiger partial charge in [-0.25, -0.2) is 27.4 Å². The quantitative estimate of drug-likeness (QED) is 0.0232. The Balaban J connectivity index is 0.000000187. The Bertz CT molecular complexity index is 5020. The van der Waals surface area contributed by atoms with Crippen LogP contribution in [0, 0.1) is 93.1 Å². The molecule has 0 bridgehead atoms. The van der Waals surface area contributed by atoms with Crippen molar-refractivity contribution in [3.63, 3.8) is 0 Å². The molecule has 6 heterocycles. The molecule has 7 N–H and O–H groups in total. The normalized spacial score (nSPS) is 26.7. The van der Waals surface area contributed by atoms with Crippen molar-refractivity contribution in [3.8, 4) is 0 Å². The van der Waals surface area contributed by atoms with E-state index >= 15 is 0 Å². The maximum Gasteiger partial charge on any atom is 0.410 e. The number of hydrogen-bond donors (Lipinski definition) is 6. The van der Waals surface area contributed by atoms with Gasteiger partial charge < -0.3 is 51.2 Å². The number of ketones is 6. The van der Waals surface area contributed by atoms with Gasteiger partial charge in [0.1, 0.15) is 46.9 Å². The number of sulfonamides is 1. The van der Waals surface area contributed by atoms with Crippen LogP contribution >= 0.6 is 0 Å². The van der Waals surface area contributed by atoms with Gasteiger partial charge in [0.2, 0.25) is 57.0 Å². The number of benzene rings is 1. The van der Waals surface area contributed by atoms with E-state index in [0.29, 0.717) is 81.0 Å². The van der Waals surface area contributed by atoms with Gasteiger partial charge in [-0.2, -0.15) is 0 Å². The predicted molar refractivity (Wildman–Crippen MR) is 506 cm³/mol. The molecule has 34 heteroatoms. The summed E-state index contributed by atoms with van der Waals surface area (Å²) in [6, 6.07) is 0.0541. The molecule has 137 heavy (non-hydrogen) atoms. The average molecular weight is 1930 g/mol. The minimum absolute atomic E-state index is 0.00168. The zero-order valence-electron chi connectivity index (χ0n) is 83.0. The lowest BCUT2D eigenvalue weighted by molar-refractivity contribution is -0.148. The van der Waals surface area contributed by atoms with Gasteiger partial charge >= 0.3 is 12.2 Å². The second kappa shape index (κ2) is 43.5. The van der Waals surface area contributed by atoms with E-state index in [2.05, 4.69) is 49.8 Å².